The predicted octanol–water partition coefficient (Wildman–Crippen LogP) is 3.67. The van der Waals surface area contributed by atoms with E-state index in [0.717, 1.165) is 29.7 Å². The summed E-state index contributed by atoms with van der Waals surface area (Å²) in [6.45, 7) is 4.40. The van der Waals surface area contributed by atoms with Crippen LogP contribution in [-0.4, -0.2) is 61.6 Å². The Hall–Kier alpha value is -3.79. The molecule has 0 atom stereocenters. The lowest BCUT2D eigenvalue weighted by Gasteiger charge is -2.27. The van der Waals surface area contributed by atoms with Crippen molar-refractivity contribution < 1.29 is 9.13 Å². The van der Waals surface area contributed by atoms with Gasteiger partial charge in [-0.1, -0.05) is 6.92 Å². The largest absolute Gasteiger partial charge is 0.378 e. The van der Waals surface area contributed by atoms with Gasteiger partial charge in [-0.3, -0.25) is 4.98 Å². The van der Waals surface area contributed by atoms with Crippen molar-refractivity contribution in [2.24, 2.45) is 5.10 Å². The summed E-state index contributed by atoms with van der Waals surface area (Å²) in [7, 11) is 4.06. The Labute approximate surface area is 198 Å². The molecule has 0 spiro atoms. The Kier molecular flexibility index (Phi) is 7.48. The summed E-state index contributed by atoms with van der Waals surface area (Å²) in [4.78, 5) is 16.6. The van der Waals surface area contributed by atoms with Gasteiger partial charge in [0.25, 0.3) is 0 Å². The summed E-state index contributed by atoms with van der Waals surface area (Å²) in [5.41, 5.74) is 7.69. The molecule has 3 heterocycles. The van der Waals surface area contributed by atoms with E-state index in [2.05, 4.69) is 60.8 Å². The van der Waals surface area contributed by atoms with Gasteiger partial charge in [0.15, 0.2) is 11.6 Å². The van der Waals surface area contributed by atoms with E-state index in [0.29, 0.717) is 32.0 Å². The lowest BCUT2D eigenvalue weighted by atomic mass is 10.1. The summed E-state index contributed by atoms with van der Waals surface area (Å²) in [6, 6.07) is 10.2. The summed E-state index contributed by atoms with van der Waals surface area (Å²) in [5, 5.41) is 7.55. The maximum absolute atomic E-state index is 14.1. The quantitative estimate of drug-likeness (QED) is 0.386. The lowest BCUT2D eigenvalue weighted by Crippen LogP contribution is -2.37. The number of aromatic nitrogens is 3. The van der Waals surface area contributed by atoms with E-state index in [9.17, 15) is 4.39 Å². The highest BCUT2D eigenvalue weighted by Gasteiger charge is 2.17. The minimum absolute atomic E-state index is 0.213. The zero-order valence-corrected chi connectivity index (χ0v) is 19.6. The van der Waals surface area contributed by atoms with Gasteiger partial charge >= 0.3 is 0 Å². The van der Waals surface area contributed by atoms with Crippen LogP contribution >= 0.6 is 0 Å². The molecule has 3 aromatic rings. The molecule has 0 saturated carbocycles. The van der Waals surface area contributed by atoms with E-state index >= 15 is 0 Å². The molecule has 0 bridgehead atoms. The van der Waals surface area contributed by atoms with Crippen molar-refractivity contribution in [3.8, 4) is 0 Å². The monoisotopic (exact) mass is 464 g/mol. The molecule has 0 radical (unpaired) electrons. The number of rotatable bonds is 8. The second kappa shape index (κ2) is 10.9. The average molecular weight is 465 g/mol. The summed E-state index contributed by atoms with van der Waals surface area (Å²) in [5.74, 6) is -0.0117. The minimum Gasteiger partial charge on any atom is -0.378 e. The van der Waals surface area contributed by atoms with Gasteiger partial charge in [-0.15, -0.1) is 0 Å². The lowest BCUT2D eigenvalue weighted by molar-refractivity contribution is 0.122. The van der Waals surface area contributed by atoms with Crippen molar-refractivity contribution in [3.05, 3.63) is 59.8 Å². The van der Waals surface area contributed by atoms with Crippen molar-refractivity contribution in [2.45, 2.75) is 13.3 Å². The fourth-order valence-electron chi connectivity index (χ4n) is 3.50. The highest BCUT2D eigenvalue weighted by atomic mass is 19.1. The van der Waals surface area contributed by atoms with Gasteiger partial charge in [-0.25, -0.2) is 14.8 Å². The third-order valence-electron chi connectivity index (χ3n) is 5.37. The Morgan fingerprint density at radius 1 is 1.12 bits per heavy atom. The number of nitrogens with zero attached hydrogens (tertiary/aromatic N) is 6. The molecule has 1 fully saturated rings. The van der Waals surface area contributed by atoms with Crippen LogP contribution in [0.2, 0.25) is 0 Å². The molecule has 0 unspecified atom stereocenters. The zero-order chi connectivity index (χ0) is 23.9. The van der Waals surface area contributed by atoms with Crippen molar-refractivity contribution >= 4 is 35.0 Å². The molecule has 34 heavy (non-hydrogen) atoms. The number of hydrogen-bond donors (Lipinski definition) is 2. The zero-order valence-electron chi connectivity index (χ0n) is 19.6. The Bertz CT molecular complexity index is 1130. The van der Waals surface area contributed by atoms with Crippen molar-refractivity contribution in [1.82, 2.24) is 15.0 Å². The number of aryl methyl sites for hydroxylation is 1. The number of ether oxygens (including phenoxy) is 1. The average Bonchev–Trinajstić information content (AvgIpc) is 2.86. The van der Waals surface area contributed by atoms with Gasteiger partial charge in [0.2, 0.25) is 5.95 Å². The van der Waals surface area contributed by atoms with Crippen LogP contribution in [0, 0.1) is 5.82 Å². The van der Waals surface area contributed by atoms with Crippen LogP contribution in [-0.2, 0) is 11.2 Å². The maximum atomic E-state index is 14.1. The van der Waals surface area contributed by atoms with E-state index in [4.69, 9.17) is 4.74 Å². The third kappa shape index (κ3) is 5.96. The minimum atomic E-state index is -0.469. The molecule has 1 aromatic carbocycles. The molecule has 2 N–H and O–H groups in total. The van der Waals surface area contributed by atoms with Gasteiger partial charge in [-0.05, 0) is 42.3 Å². The van der Waals surface area contributed by atoms with Crippen molar-refractivity contribution in [1.29, 1.82) is 0 Å². The van der Waals surface area contributed by atoms with Crippen LogP contribution in [0.15, 0.2) is 47.8 Å². The van der Waals surface area contributed by atoms with E-state index in [-0.39, 0.29) is 11.8 Å². The summed E-state index contributed by atoms with van der Waals surface area (Å²) in [6.07, 6.45) is 5.42. The molecule has 1 aliphatic heterocycles. The van der Waals surface area contributed by atoms with Gasteiger partial charge in [0.05, 0.1) is 43.2 Å². The number of benzene rings is 1. The number of hydrogen-bond acceptors (Lipinski definition) is 9. The molecule has 178 valence electrons. The Balaban J connectivity index is 1.39. The molecule has 10 heteroatoms. The van der Waals surface area contributed by atoms with Crippen LogP contribution in [0.3, 0.4) is 0 Å². The van der Waals surface area contributed by atoms with Crippen LogP contribution < -0.4 is 20.5 Å². The SMILES string of the molecule is CCc1cc(Nc2ccc(/C=N\Nc3ncc(F)c(N4CCOCC4)n3)nc2)cc(N(C)C)c1. The highest BCUT2D eigenvalue weighted by molar-refractivity contribution is 5.78. The molecule has 2 aromatic heterocycles. The summed E-state index contributed by atoms with van der Waals surface area (Å²) < 4.78 is 19.5. The highest BCUT2D eigenvalue weighted by Crippen LogP contribution is 2.24. The van der Waals surface area contributed by atoms with E-state index in [1.54, 1.807) is 12.4 Å². The van der Waals surface area contributed by atoms with Crippen molar-refractivity contribution in [3.63, 3.8) is 0 Å². The Morgan fingerprint density at radius 3 is 2.65 bits per heavy atom. The molecule has 1 saturated heterocycles. The first kappa shape index (κ1) is 23.4. The fourth-order valence-corrected chi connectivity index (χ4v) is 3.50. The number of hydrazone groups is 1. The second-order valence-electron chi connectivity index (χ2n) is 8.07. The van der Waals surface area contributed by atoms with E-state index < -0.39 is 5.82 Å². The summed E-state index contributed by atoms with van der Waals surface area (Å²) >= 11 is 0. The van der Waals surface area contributed by atoms with Gasteiger partial charge in [0, 0.05) is 38.6 Å². The number of anilines is 5. The van der Waals surface area contributed by atoms with Gasteiger partial charge < -0.3 is 19.9 Å². The molecule has 1 aliphatic rings. The second-order valence-corrected chi connectivity index (χ2v) is 8.07. The van der Waals surface area contributed by atoms with Crippen LogP contribution in [0.25, 0.3) is 0 Å². The molecular formula is C24H29FN8O. The van der Waals surface area contributed by atoms with Gasteiger partial charge in [0.1, 0.15) is 0 Å². The number of morpholine rings is 1. The van der Waals surface area contributed by atoms with Crippen LogP contribution in [0.5, 0.6) is 0 Å². The first-order chi connectivity index (χ1) is 16.5. The van der Waals surface area contributed by atoms with Gasteiger partial charge in [-0.2, -0.15) is 10.1 Å². The number of pyridine rings is 1. The Morgan fingerprint density at radius 2 is 1.94 bits per heavy atom. The smallest absolute Gasteiger partial charge is 0.245 e. The van der Waals surface area contributed by atoms with Crippen LogP contribution in [0.4, 0.5) is 33.2 Å². The maximum Gasteiger partial charge on any atom is 0.245 e. The number of halogens is 1. The molecule has 4 rings (SSSR count). The van der Waals surface area contributed by atoms with Crippen LogP contribution in [0.1, 0.15) is 18.2 Å². The predicted molar refractivity (Wildman–Crippen MR) is 134 cm³/mol. The standard InChI is InChI=1S/C24H29FN8O/c1-4-17-11-20(13-21(12-17)32(2)3)29-19-6-5-18(26-14-19)15-28-31-24-27-16-22(25)23(30-24)33-7-9-34-10-8-33/h5-6,11-16,29H,4,7-10H2,1-3H3,(H,27,30,31)/b28-15-. The van der Waals surface area contributed by atoms with E-state index in [1.165, 1.54) is 5.56 Å². The molecular weight excluding hydrogens is 435 g/mol. The van der Waals surface area contributed by atoms with E-state index in [1.807, 2.05) is 31.1 Å². The molecule has 0 aliphatic carbocycles. The molecule has 9 nitrogen and oxygen atoms in total. The van der Waals surface area contributed by atoms with Crippen molar-refractivity contribution in [2.75, 3.05) is 60.9 Å². The molecule has 0 amide bonds. The fraction of sp³-hybridized carbons (Fsp3) is 0.333. The first-order valence-electron chi connectivity index (χ1n) is 11.2. The first-order valence-corrected chi connectivity index (χ1v) is 11.2. The third-order valence-corrected chi connectivity index (χ3v) is 5.37. The topological polar surface area (TPSA) is 90.8 Å². The number of nitrogens with one attached hydrogen (secondary N) is 2. The normalized spacial score (nSPS) is 13.8.